The second kappa shape index (κ2) is 6.75. The summed E-state index contributed by atoms with van der Waals surface area (Å²) in [5.41, 5.74) is -0.420. The molecule has 1 aromatic rings. The molecule has 1 heterocycles. The van der Waals surface area contributed by atoms with Crippen molar-refractivity contribution in [2.45, 2.75) is 29.5 Å². The number of likely N-dealkylation sites (tertiary alicyclic amines) is 1. The number of hydrogen-bond acceptors (Lipinski definition) is 6. The number of likely N-dealkylation sites (N-methyl/N-ethyl adjacent to an activating group) is 1. The molecule has 7 nitrogen and oxygen atoms in total. The second-order valence-electron chi connectivity index (χ2n) is 5.40. The number of nitro groups is 1. The quantitative estimate of drug-likeness (QED) is 0.624. The minimum atomic E-state index is -4.86. The highest BCUT2D eigenvalue weighted by Crippen LogP contribution is 2.30. The van der Waals surface area contributed by atoms with Crippen LogP contribution in [0.2, 0.25) is 0 Å². The smallest absolute Gasteiger partial charge is 0.341 e. The number of nitrogens with zero attached hydrogens (tertiary/aromatic N) is 2. The summed E-state index contributed by atoms with van der Waals surface area (Å²) < 4.78 is 48.0. The van der Waals surface area contributed by atoms with Crippen molar-refractivity contribution in [2.24, 2.45) is 0 Å². The predicted octanol–water partition coefficient (Wildman–Crippen LogP) is 2.10. The number of rotatable bonds is 6. The molecular weight excluding hydrogens is 332 g/mol. The van der Waals surface area contributed by atoms with Crippen LogP contribution >= 0.6 is 0 Å². The van der Waals surface area contributed by atoms with Crippen LogP contribution in [0.15, 0.2) is 23.1 Å². The number of alkyl halides is 2. The molecule has 1 N–H and O–H groups in total. The summed E-state index contributed by atoms with van der Waals surface area (Å²) in [6.07, 6.45) is 1.99. The average molecular weight is 349 g/mol. The maximum absolute atomic E-state index is 12.5. The summed E-state index contributed by atoms with van der Waals surface area (Å²) in [5.74, 6) is -3.62. The van der Waals surface area contributed by atoms with Gasteiger partial charge in [-0.3, -0.25) is 10.1 Å². The van der Waals surface area contributed by atoms with Gasteiger partial charge in [0, 0.05) is 18.7 Å². The highest BCUT2D eigenvalue weighted by Gasteiger charge is 2.29. The third kappa shape index (κ3) is 3.75. The van der Waals surface area contributed by atoms with Gasteiger partial charge in [-0.2, -0.15) is 8.78 Å². The van der Waals surface area contributed by atoms with Crippen molar-refractivity contribution in [3.8, 4) is 0 Å². The third-order valence-electron chi connectivity index (χ3n) is 3.93. The Balaban J connectivity index is 2.25. The molecule has 2 rings (SSSR count). The van der Waals surface area contributed by atoms with E-state index in [1.807, 2.05) is 7.05 Å². The van der Waals surface area contributed by atoms with Crippen molar-refractivity contribution in [3.05, 3.63) is 28.3 Å². The van der Waals surface area contributed by atoms with Gasteiger partial charge in [0.2, 0.25) is 9.84 Å². The molecule has 1 fully saturated rings. The van der Waals surface area contributed by atoms with Crippen LogP contribution in [-0.4, -0.2) is 50.2 Å². The van der Waals surface area contributed by atoms with Gasteiger partial charge in [-0.1, -0.05) is 0 Å². The molecule has 128 valence electrons. The van der Waals surface area contributed by atoms with Crippen molar-refractivity contribution in [2.75, 3.05) is 25.5 Å². The number of halogens is 2. The molecule has 1 unspecified atom stereocenters. The average Bonchev–Trinajstić information content (AvgIpc) is 2.89. The molecule has 0 amide bonds. The lowest BCUT2D eigenvalue weighted by Crippen LogP contribution is -2.31. The van der Waals surface area contributed by atoms with E-state index < -0.39 is 31.1 Å². The third-order valence-corrected chi connectivity index (χ3v) is 5.31. The van der Waals surface area contributed by atoms with Crippen LogP contribution in [0.3, 0.4) is 0 Å². The van der Waals surface area contributed by atoms with Crippen LogP contribution in [0.4, 0.5) is 20.2 Å². The zero-order valence-electron chi connectivity index (χ0n) is 12.4. The zero-order chi connectivity index (χ0) is 17.2. The van der Waals surface area contributed by atoms with Gasteiger partial charge in [0.25, 0.3) is 5.69 Å². The van der Waals surface area contributed by atoms with E-state index in [0.717, 1.165) is 31.5 Å². The molecule has 1 aromatic carbocycles. The van der Waals surface area contributed by atoms with Crippen molar-refractivity contribution < 1.29 is 22.1 Å². The van der Waals surface area contributed by atoms with E-state index in [0.29, 0.717) is 12.6 Å². The Labute approximate surface area is 132 Å². The first-order chi connectivity index (χ1) is 10.7. The molecule has 0 bridgehead atoms. The number of nitrogens with one attached hydrogen (secondary N) is 1. The first kappa shape index (κ1) is 17.5. The molecule has 10 heteroatoms. The minimum Gasteiger partial charge on any atom is -0.378 e. The summed E-state index contributed by atoms with van der Waals surface area (Å²) in [4.78, 5) is 11.7. The van der Waals surface area contributed by atoms with Crippen LogP contribution < -0.4 is 5.32 Å². The Bertz CT molecular complexity index is 696. The van der Waals surface area contributed by atoms with E-state index in [-0.39, 0.29) is 11.7 Å². The monoisotopic (exact) mass is 349 g/mol. The molecule has 23 heavy (non-hydrogen) atoms. The maximum atomic E-state index is 12.5. The topological polar surface area (TPSA) is 92.6 Å². The fraction of sp³-hybridized carbons (Fsp3) is 0.538. The summed E-state index contributed by atoms with van der Waals surface area (Å²) in [6, 6.07) is 3.00. The lowest BCUT2D eigenvalue weighted by atomic mass is 10.2. The van der Waals surface area contributed by atoms with Gasteiger partial charge in [0.1, 0.15) is 5.69 Å². The molecule has 1 atom stereocenters. The number of hydrogen-bond donors (Lipinski definition) is 1. The molecule has 1 aliphatic rings. The number of sulfone groups is 1. The fourth-order valence-corrected chi connectivity index (χ4v) is 3.30. The summed E-state index contributed by atoms with van der Waals surface area (Å²) in [7, 11) is -2.91. The van der Waals surface area contributed by atoms with Crippen molar-refractivity contribution in [3.63, 3.8) is 0 Å². The van der Waals surface area contributed by atoms with E-state index in [1.54, 1.807) is 0 Å². The molecule has 0 saturated carbocycles. The van der Waals surface area contributed by atoms with Crippen LogP contribution in [0.25, 0.3) is 0 Å². The lowest BCUT2D eigenvalue weighted by Gasteiger charge is -2.20. The highest BCUT2D eigenvalue weighted by atomic mass is 32.2. The Kier molecular flexibility index (Phi) is 5.15. The predicted molar refractivity (Wildman–Crippen MR) is 80.4 cm³/mol. The van der Waals surface area contributed by atoms with Gasteiger partial charge < -0.3 is 10.2 Å². The van der Waals surface area contributed by atoms with Gasteiger partial charge in [-0.05, 0) is 38.6 Å². The number of benzene rings is 1. The van der Waals surface area contributed by atoms with Crippen LogP contribution in [0, 0.1) is 10.1 Å². The Morgan fingerprint density at radius 1 is 1.48 bits per heavy atom. The normalized spacial score (nSPS) is 19.2. The standard InChI is InChI=1S/C13H17F2N3O4S/c1-17-6-2-3-9(17)8-16-11-5-4-10(7-12(11)18(19)20)23(21,22)13(14)15/h4-5,7,9,13,16H,2-3,6,8H2,1H3. The fourth-order valence-electron chi connectivity index (χ4n) is 2.56. The SMILES string of the molecule is CN1CCCC1CNc1ccc(S(=O)(=O)C(F)F)cc1[N+](=O)[O-]. The molecule has 0 spiro atoms. The first-order valence-corrected chi connectivity index (χ1v) is 8.52. The summed E-state index contributed by atoms with van der Waals surface area (Å²) in [5, 5.41) is 14.0. The molecule has 0 aliphatic carbocycles. The van der Waals surface area contributed by atoms with Gasteiger partial charge in [-0.25, -0.2) is 8.42 Å². The molecule has 0 radical (unpaired) electrons. The van der Waals surface area contributed by atoms with E-state index in [2.05, 4.69) is 10.2 Å². The largest absolute Gasteiger partial charge is 0.378 e. The van der Waals surface area contributed by atoms with Gasteiger partial charge in [0.15, 0.2) is 0 Å². The van der Waals surface area contributed by atoms with Crippen LogP contribution in [0.5, 0.6) is 0 Å². The number of anilines is 1. The number of nitro benzene ring substituents is 1. The van der Waals surface area contributed by atoms with Gasteiger partial charge in [0.05, 0.1) is 9.82 Å². The highest BCUT2D eigenvalue weighted by molar-refractivity contribution is 7.91. The summed E-state index contributed by atoms with van der Waals surface area (Å²) in [6.45, 7) is 1.40. The van der Waals surface area contributed by atoms with Gasteiger partial charge in [-0.15, -0.1) is 0 Å². The lowest BCUT2D eigenvalue weighted by molar-refractivity contribution is -0.384. The molecule has 1 aliphatic heterocycles. The van der Waals surface area contributed by atoms with Gasteiger partial charge >= 0.3 is 5.76 Å². The Hall–Kier alpha value is -1.81. The van der Waals surface area contributed by atoms with Crippen LogP contribution in [-0.2, 0) is 9.84 Å². The van der Waals surface area contributed by atoms with E-state index in [1.165, 1.54) is 0 Å². The Morgan fingerprint density at radius 2 is 2.17 bits per heavy atom. The zero-order valence-corrected chi connectivity index (χ0v) is 13.2. The minimum absolute atomic E-state index is 0.114. The molecule has 1 saturated heterocycles. The Morgan fingerprint density at radius 3 is 2.70 bits per heavy atom. The maximum Gasteiger partial charge on any atom is 0.341 e. The molecule has 0 aromatic heterocycles. The van der Waals surface area contributed by atoms with Crippen molar-refractivity contribution >= 4 is 21.2 Å². The van der Waals surface area contributed by atoms with E-state index in [9.17, 15) is 27.3 Å². The van der Waals surface area contributed by atoms with E-state index >= 15 is 0 Å². The summed E-state index contributed by atoms with van der Waals surface area (Å²) >= 11 is 0. The van der Waals surface area contributed by atoms with E-state index in [4.69, 9.17) is 0 Å². The molecular formula is C13H17F2N3O4S. The van der Waals surface area contributed by atoms with Crippen molar-refractivity contribution in [1.29, 1.82) is 0 Å². The van der Waals surface area contributed by atoms with Crippen molar-refractivity contribution in [1.82, 2.24) is 4.90 Å². The van der Waals surface area contributed by atoms with Crippen LogP contribution in [0.1, 0.15) is 12.8 Å². The first-order valence-electron chi connectivity index (χ1n) is 6.98. The second-order valence-corrected chi connectivity index (χ2v) is 7.32.